The van der Waals surface area contributed by atoms with Crippen LogP contribution in [0.4, 0.5) is 5.69 Å². The number of rotatable bonds is 4. The number of halogens is 1. The summed E-state index contributed by atoms with van der Waals surface area (Å²) in [6.07, 6.45) is 0. The Morgan fingerprint density at radius 1 is 1.19 bits per heavy atom. The predicted molar refractivity (Wildman–Crippen MR) is 85.8 cm³/mol. The summed E-state index contributed by atoms with van der Waals surface area (Å²) in [5.41, 5.74) is 7.57. The molecule has 0 aliphatic carbocycles. The molecule has 112 valence electrons. The molecule has 0 saturated heterocycles. The van der Waals surface area contributed by atoms with E-state index in [4.69, 9.17) is 17.3 Å². The van der Waals surface area contributed by atoms with Crippen LogP contribution in [-0.4, -0.2) is 8.42 Å². The van der Waals surface area contributed by atoms with Crippen LogP contribution in [0.3, 0.4) is 0 Å². The van der Waals surface area contributed by atoms with Gasteiger partial charge in [-0.15, -0.1) is 0 Å². The van der Waals surface area contributed by atoms with Crippen LogP contribution in [0.5, 0.6) is 0 Å². The van der Waals surface area contributed by atoms with Gasteiger partial charge in [-0.3, -0.25) is 0 Å². The van der Waals surface area contributed by atoms with E-state index in [9.17, 15) is 8.42 Å². The zero-order chi connectivity index (χ0) is 15.6. The summed E-state index contributed by atoms with van der Waals surface area (Å²) in [4.78, 5) is 0.191. The van der Waals surface area contributed by atoms with E-state index in [0.29, 0.717) is 16.3 Å². The minimum absolute atomic E-state index is 0.191. The zero-order valence-electron chi connectivity index (χ0n) is 11.8. The highest BCUT2D eigenvalue weighted by Crippen LogP contribution is 2.23. The molecule has 2 aromatic rings. The molecule has 6 heteroatoms. The Labute approximate surface area is 130 Å². The average molecular weight is 325 g/mol. The van der Waals surface area contributed by atoms with Crippen molar-refractivity contribution in [2.75, 3.05) is 5.73 Å². The molecule has 0 aromatic heterocycles. The van der Waals surface area contributed by atoms with Crippen LogP contribution in [0.15, 0.2) is 47.4 Å². The van der Waals surface area contributed by atoms with Crippen LogP contribution in [0.2, 0.25) is 5.02 Å². The molecule has 0 radical (unpaired) electrons. The summed E-state index contributed by atoms with van der Waals surface area (Å²) in [6.45, 7) is 3.46. The first-order valence-corrected chi connectivity index (χ1v) is 8.30. The Bertz CT molecular complexity index is 760. The third kappa shape index (κ3) is 3.56. The van der Waals surface area contributed by atoms with E-state index in [1.54, 1.807) is 50.2 Å². The molecule has 0 fully saturated rings. The number of anilines is 1. The van der Waals surface area contributed by atoms with Gasteiger partial charge in [-0.25, -0.2) is 13.1 Å². The van der Waals surface area contributed by atoms with Crippen molar-refractivity contribution < 1.29 is 8.42 Å². The Kier molecular flexibility index (Phi) is 4.56. The highest BCUT2D eigenvalue weighted by molar-refractivity contribution is 7.89. The first-order chi connectivity index (χ1) is 9.81. The van der Waals surface area contributed by atoms with Gasteiger partial charge in [0.25, 0.3) is 0 Å². The maximum absolute atomic E-state index is 12.5. The fraction of sp³-hybridized carbons (Fsp3) is 0.200. The predicted octanol–water partition coefficient (Wildman–Crippen LogP) is 3.27. The van der Waals surface area contributed by atoms with E-state index in [2.05, 4.69) is 4.72 Å². The number of hydrogen-bond acceptors (Lipinski definition) is 3. The van der Waals surface area contributed by atoms with Crippen molar-refractivity contribution in [3.8, 4) is 0 Å². The van der Waals surface area contributed by atoms with E-state index in [-0.39, 0.29) is 4.90 Å². The van der Waals surface area contributed by atoms with Crippen molar-refractivity contribution in [2.45, 2.75) is 24.8 Å². The largest absolute Gasteiger partial charge is 0.398 e. The molecular weight excluding hydrogens is 308 g/mol. The lowest BCUT2D eigenvalue weighted by Crippen LogP contribution is -2.27. The first-order valence-electron chi connectivity index (χ1n) is 6.44. The SMILES string of the molecule is Cc1c(N)cccc1S(=O)(=O)NC(C)c1cccc(Cl)c1. The third-order valence-corrected chi connectivity index (χ3v) is 5.22. The van der Waals surface area contributed by atoms with Crippen LogP contribution >= 0.6 is 11.6 Å². The van der Waals surface area contributed by atoms with Gasteiger partial charge < -0.3 is 5.73 Å². The zero-order valence-corrected chi connectivity index (χ0v) is 13.4. The molecular formula is C15H17ClN2O2S. The summed E-state index contributed by atoms with van der Waals surface area (Å²) in [5, 5.41) is 0.568. The fourth-order valence-electron chi connectivity index (χ4n) is 2.06. The van der Waals surface area contributed by atoms with Gasteiger partial charge in [-0.1, -0.05) is 29.8 Å². The molecule has 0 bridgehead atoms. The van der Waals surface area contributed by atoms with Gasteiger partial charge in [0, 0.05) is 16.8 Å². The molecule has 1 unspecified atom stereocenters. The van der Waals surface area contributed by atoms with Gasteiger partial charge in [0.15, 0.2) is 0 Å². The van der Waals surface area contributed by atoms with E-state index in [1.165, 1.54) is 0 Å². The molecule has 0 heterocycles. The Morgan fingerprint density at radius 3 is 2.52 bits per heavy atom. The van der Waals surface area contributed by atoms with Crippen LogP contribution in [0, 0.1) is 6.92 Å². The molecule has 4 nitrogen and oxygen atoms in total. The molecule has 0 aliphatic rings. The standard InChI is InChI=1S/C15H17ClN2O2S/c1-10-14(17)7-4-8-15(10)21(19,20)18-11(2)12-5-3-6-13(16)9-12/h3-9,11,18H,17H2,1-2H3. The highest BCUT2D eigenvalue weighted by atomic mass is 35.5. The Balaban J connectivity index is 2.31. The number of sulfonamides is 1. The molecule has 0 amide bonds. The number of nitrogen functional groups attached to an aromatic ring is 1. The van der Waals surface area contributed by atoms with E-state index in [1.807, 2.05) is 6.07 Å². The van der Waals surface area contributed by atoms with E-state index < -0.39 is 16.1 Å². The van der Waals surface area contributed by atoms with Crippen molar-refractivity contribution in [1.82, 2.24) is 4.72 Å². The normalized spacial score (nSPS) is 13.1. The number of hydrogen-bond donors (Lipinski definition) is 2. The second kappa shape index (κ2) is 6.05. The van der Waals surface area contributed by atoms with Gasteiger partial charge in [0.2, 0.25) is 10.0 Å². The van der Waals surface area contributed by atoms with Crippen molar-refractivity contribution >= 4 is 27.3 Å². The van der Waals surface area contributed by atoms with Gasteiger partial charge in [0.1, 0.15) is 0 Å². The Morgan fingerprint density at radius 2 is 1.86 bits per heavy atom. The quantitative estimate of drug-likeness (QED) is 0.848. The molecule has 0 spiro atoms. The third-order valence-electron chi connectivity index (χ3n) is 3.30. The van der Waals surface area contributed by atoms with Gasteiger partial charge in [-0.05, 0) is 49.2 Å². The van der Waals surface area contributed by atoms with E-state index in [0.717, 1.165) is 5.56 Å². The summed E-state index contributed by atoms with van der Waals surface area (Å²) >= 11 is 5.93. The molecule has 3 N–H and O–H groups in total. The van der Waals surface area contributed by atoms with Crippen LogP contribution < -0.4 is 10.5 Å². The lowest BCUT2D eigenvalue weighted by atomic mass is 10.1. The number of nitrogens with one attached hydrogen (secondary N) is 1. The van der Waals surface area contributed by atoms with Gasteiger partial charge in [0.05, 0.1) is 4.90 Å². The first kappa shape index (κ1) is 15.8. The maximum atomic E-state index is 12.5. The summed E-state index contributed by atoms with van der Waals surface area (Å²) < 4.78 is 27.6. The van der Waals surface area contributed by atoms with Crippen LogP contribution in [0.25, 0.3) is 0 Å². The second-order valence-corrected chi connectivity index (χ2v) is 6.99. The minimum Gasteiger partial charge on any atom is -0.398 e. The number of benzene rings is 2. The topological polar surface area (TPSA) is 72.2 Å². The molecule has 1 atom stereocenters. The number of nitrogens with two attached hydrogens (primary N) is 1. The summed E-state index contributed by atoms with van der Waals surface area (Å²) in [6, 6.07) is 11.5. The fourth-order valence-corrected chi connectivity index (χ4v) is 3.77. The summed E-state index contributed by atoms with van der Waals surface area (Å²) in [5.74, 6) is 0. The van der Waals surface area contributed by atoms with Crippen molar-refractivity contribution in [2.24, 2.45) is 0 Å². The molecule has 2 rings (SSSR count). The lowest BCUT2D eigenvalue weighted by Gasteiger charge is -2.16. The van der Waals surface area contributed by atoms with Crippen molar-refractivity contribution in [3.05, 3.63) is 58.6 Å². The van der Waals surface area contributed by atoms with Crippen molar-refractivity contribution in [1.29, 1.82) is 0 Å². The minimum atomic E-state index is -3.65. The average Bonchev–Trinajstić information content (AvgIpc) is 2.41. The van der Waals surface area contributed by atoms with Crippen LogP contribution in [0.1, 0.15) is 24.1 Å². The van der Waals surface area contributed by atoms with Crippen LogP contribution in [-0.2, 0) is 10.0 Å². The molecule has 21 heavy (non-hydrogen) atoms. The van der Waals surface area contributed by atoms with Gasteiger partial charge >= 0.3 is 0 Å². The van der Waals surface area contributed by atoms with E-state index >= 15 is 0 Å². The molecule has 0 aliphatic heterocycles. The molecule has 0 saturated carbocycles. The molecule has 2 aromatic carbocycles. The van der Waals surface area contributed by atoms with Gasteiger partial charge in [-0.2, -0.15) is 0 Å². The lowest BCUT2D eigenvalue weighted by molar-refractivity contribution is 0.566. The smallest absolute Gasteiger partial charge is 0.241 e. The maximum Gasteiger partial charge on any atom is 0.241 e. The van der Waals surface area contributed by atoms with Crippen molar-refractivity contribution in [3.63, 3.8) is 0 Å². The second-order valence-electron chi connectivity index (χ2n) is 4.87. The Hall–Kier alpha value is -1.56. The highest BCUT2D eigenvalue weighted by Gasteiger charge is 2.21. The summed E-state index contributed by atoms with van der Waals surface area (Å²) in [7, 11) is -3.65. The monoisotopic (exact) mass is 324 g/mol.